The maximum Gasteiger partial charge on any atom is 0.335 e. The molecule has 0 bridgehead atoms. The molecule has 1 aliphatic heterocycles. The zero-order valence-electron chi connectivity index (χ0n) is 11.4. The first-order chi connectivity index (χ1) is 11.3. The minimum Gasteiger partial charge on any atom is -0.478 e. The van der Waals surface area contributed by atoms with Gasteiger partial charge in [0.05, 0.1) is 47.8 Å². The first-order valence-electron chi connectivity index (χ1n) is 6.49. The Hall–Kier alpha value is -1.79. The zero-order chi connectivity index (χ0) is 17.3. The Morgan fingerprint density at radius 1 is 1.00 bits per heavy atom. The van der Waals surface area contributed by atoms with Crippen LogP contribution in [-0.4, -0.2) is 26.5 Å². The molecule has 0 aliphatic carbocycles. The van der Waals surface area contributed by atoms with Gasteiger partial charge in [0.1, 0.15) is 0 Å². The summed E-state index contributed by atoms with van der Waals surface area (Å²) in [4.78, 5) is 28.2. The molecule has 0 unspecified atom stereocenters. The molecule has 0 amide bonds. The topological polar surface area (TPSA) is 72.2 Å². The summed E-state index contributed by atoms with van der Waals surface area (Å²) in [5, 5.41) is 9.18. The largest absolute Gasteiger partial charge is 0.478 e. The second-order valence-corrected chi connectivity index (χ2v) is 6.60. The van der Waals surface area contributed by atoms with Crippen molar-refractivity contribution in [1.29, 1.82) is 0 Å². The van der Waals surface area contributed by atoms with Crippen molar-refractivity contribution in [3.8, 4) is 11.4 Å². The number of benzene rings is 2. The number of fused-ring (bicyclic) bond motifs is 5. The lowest BCUT2D eigenvalue weighted by Crippen LogP contribution is -2.07. The molecule has 0 atom stereocenters. The molecule has 1 N–H and O–H groups in total. The van der Waals surface area contributed by atoms with Crippen molar-refractivity contribution >= 4 is 69.3 Å². The van der Waals surface area contributed by atoms with Crippen LogP contribution in [0.2, 0.25) is 20.1 Å². The van der Waals surface area contributed by atoms with E-state index in [-0.39, 0.29) is 42.6 Å². The first kappa shape index (κ1) is 15.7. The fraction of sp³-hybridized carbons (Fsp3) is 0. The SMILES string of the molecule is O=C(O)c1ccc2c(c1)nc1n2C(=O)c2c(Cl)c(Cl)c(Cl)c(Cl)c2-1. The molecule has 5 nitrogen and oxygen atoms in total. The predicted octanol–water partition coefficient (Wildman–Crippen LogP) is 5.02. The van der Waals surface area contributed by atoms with Crippen LogP contribution in [-0.2, 0) is 0 Å². The molecular formula is C15H4Cl4N2O3. The molecule has 1 aromatic heterocycles. The van der Waals surface area contributed by atoms with Crippen LogP contribution in [0.1, 0.15) is 20.7 Å². The second kappa shape index (κ2) is 5.10. The number of hydrogen-bond donors (Lipinski definition) is 1. The molecule has 0 radical (unpaired) electrons. The average Bonchev–Trinajstić information content (AvgIpc) is 3.05. The highest BCUT2D eigenvalue weighted by Gasteiger charge is 2.37. The number of carbonyl (C=O) groups excluding carboxylic acids is 1. The van der Waals surface area contributed by atoms with Gasteiger partial charge in [0.2, 0.25) is 0 Å². The smallest absolute Gasteiger partial charge is 0.335 e. The van der Waals surface area contributed by atoms with Crippen molar-refractivity contribution in [3.63, 3.8) is 0 Å². The summed E-state index contributed by atoms with van der Waals surface area (Å²) in [6, 6.07) is 4.27. The maximum atomic E-state index is 12.8. The number of aromatic carboxylic acids is 1. The lowest BCUT2D eigenvalue weighted by Gasteiger charge is -2.08. The summed E-state index contributed by atoms with van der Waals surface area (Å²) in [6.45, 7) is 0. The first-order valence-corrected chi connectivity index (χ1v) is 8.01. The van der Waals surface area contributed by atoms with Gasteiger partial charge in [0, 0.05) is 0 Å². The van der Waals surface area contributed by atoms with Crippen LogP contribution >= 0.6 is 46.4 Å². The fourth-order valence-electron chi connectivity index (χ4n) is 2.74. The number of nitrogens with zero attached hydrogens (tertiary/aromatic N) is 2. The molecule has 1 aliphatic rings. The standard InChI is InChI=1S/C15H4Cl4N2O3/c16-9-7-8(10(17)12(19)11(9)18)14(22)21-6-2-1-4(15(23)24)3-5(6)20-13(7)21/h1-3H,(H,23,24). The van der Waals surface area contributed by atoms with Gasteiger partial charge in [0.25, 0.3) is 5.91 Å². The summed E-state index contributed by atoms with van der Waals surface area (Å²) in [5.41, 5.74) is 1.26. The van der Waals surface area contributed by atoms with Crippen molar-refractivity contribution < 1.29 is 14.7 Å². The Balaban J connectivity index is 2.11. The number of carbonyl (C=O) groups is 2. The second-order valence-electron chi connectivity index (χ2n) is 5.09. The van der Waals surface area contributed by atoms with E-state index in [2.05, 4.69) is 4.98 Å². The number of carboxylic acid groups (broad SMARTS) is 1. The van der Waals surface area contributed by atoms with Crippen LogP contribution in [0.15, 0.2) is 18.2 Å². The summed E-state index contributed by atoms with van der Waals surface area (Å²) < 4.78 is 1.32. The van der Waals surface area contributed by atoms with Gasteiger partial charge in [-0.1, -0.05) is 46.4 Å². The zero-order valence-corrected chi connectivity index (χ0v) is 14.4. The quantitative estimate of drug-likeness (QED) is 0.359. The molecule has 120 valence electrons. The summed E-state index contributed by atoms with van der Waals surface area (Å²) in [5.74, 6) is -1.29. The fourth-order valence-corrected chi connectivity index (χ4v) is 3.76. The molecule has 3 aromatic rings. The number of hydrogen-bond acceptors (Lipinski definition) is 3. The van der Waals surface area contributed by atoms with E-state index in [1.165, 1.54) is 22.8 Å². The summed E-state index contributed by atoms with van der Waals surface area (Å²) in [7, 11) is 0. The van der Waals surface area contributed by atoms with E-state index < -0.39 is 11.9 Å². The van der Waals surface area contributed by atoms with Gasteiger partial charge in [-0.15, -0.1) is 0 Å². The highest BCUT2D eigenvalue weighted by Crippen LogP contribution is 2.49. The molecule has 0 spiro atoms. The molecule has 4 rings (SSSR count). The van der Waals surface area contributed by atoms with Crippen molar-refractivity contribution in [2.75, 3.05) is 0 Å². The molecule has 9 heteroatoms. The van der Waals surface area contributed by atoms with E-state index in [1.54, 1.807) is 0 Å². The van der Waals surface area contributed by atoms with E-state index in [1.807, 2.05) is 0 Å². The van der Waals surface area contributed by atoms with Crippen LogP contribution < -0.4 is 0 Å². The van der Waals surface area contributed by atoms with Crippen LogP contribution in [0.25, 0.3) is 22.4 Å². The number of halogens is 4. The highest BCUT2D eigenvalue weighted by molar-refractivity contribution is 6.54. The number of carboxylic acids is 1. The normalized spacial score (nSPS) is 12.6. The minimum absolute atomic E-state index is 0.00124. The maximum absolute atomic E-state index is 12.8. The van der Waals surface area contributed by atoms with Gasteiger partial charge in [0.15, 0.2) is 5.82 Å². The third-order valence-corrected chi connectivity index (χ3v) is 5.61. The molecule has 2 heterocycles. The van der Waals surface area contributed by atoms with E-state index >= 15 is 0 Å². The molecule has 0 saturated heterocycles. The van der Waals surface area contributed by atoms with Crippen LogP contribution in [0.5, 0.6) is 0 Å². The molecule has 0 fully saturated rings. The highest BCUT2D eigenvalue weighted by atomic mass is 35.5. The van der Waals surface area contributed by atoms with Crippen LogP contribution in [0.4, 0.5) is 0 Å². The lowest BCUT2D eigenvalue weighted by molar-refractivity contribution is 0.0697. The Labute approximate surface area is 154 Å². The molecule has 24 heavy (non-hydrogen) atoms. The van der Waals surface area contributed by atoms with Gasteiger partial charge in [-0.05, 0) is 18.2 Å². The van der Waals surface area contributed by atoms with Crippen LogP contribution in [0, 0.1) is 0 Å². The van der Waals surface area contributed by atoms with E-state index in [4.69, 9.17) is 51.5 Å². The summed E-state index contributed by atoms with van der Waals surface area (Å²) in [6.07, 6.45) is 0. The number of rotatable bonds is 1. The van der Waals surface area contributed by atoms with E-state index in [0.717, 1.165) is 0 Å². The van der Waals surface area contributed by atoms with Gasteiger partial charge >= 0.3 is 5.97 Å². The third kappa shape index (κ3) is 1.87. The van der Waals surface area contributed by atoms with Crippen molar-refractivity contribution in [1.82, 2.24) is 9.55 Å². The minimum atomic E-state index is -1.09. The Bertz CT molecular complexity index is 1100. The number of imidazole rings is 1. The monoisotopic (exact) mass is 400 g/mol. The van der Waals surface area contributed by atoms with Gasteiger partial charge in [-0.3, -0.25) is 9.36 Å². The molecule has 2 aromatic carbocycles. The number of aromatic nitrogens is 2. The molecular weight excluding hydrogens is 398 g/mol. The average molecular weight is 402 g/mol. The molecule has 0 saturated carbocycles. The van der Waals surface area contributed by atoms with Crippen molar-refractivity contribution in [2.45, 2.75) is 0 Å². The van der Waals surface area contributed by atoms with Gasteiger partial charge in [-0.25, -0.2) is 9.78 Å². The van der Waals surface area contributed by atoms with E-state index in [0.29, 0.717) is 11.0 Å². The Morgan fingerprint density at radius 2 is 1.62 bits per heavy atom. The van der Waals surface area contributed by atoms with Crippen molar-refractivity contribution in [2.24, 2.45) is 0 Å². The van der Waals surface area contributed by atoms with Crippen LogP contribution in [0.3, 0.4) is 0 Å². The Morgan fingerprint density at radius 3 is 2.25 bits per heavy atom. The summed E-state index contributed by atoms with van der Waals surface area (Å²) >= 11 is 24.5. The lowest BCUT2D eigenvalue weighted by atomic mass is 10.1. The predicted molar refractivity (Wildman–Crippen MR) is 91.9 cm³/mol. The van der Waals surface area contributed by atoms with Gasteiger partial charge < -0.3 is 5.11 Å². The Kier molecular flexibility index (Phi) is 3.34. The van der Waals surface area contributed by atoms with Crippen molar-refractivity contribution in [3.05, 3.63) is 49.4 Å². The third-order valence-electron chi connectivity index (χ3n) is 3.81. The van der Waals surface area contributed by atoms with E-state index in [9.17, 15) is 9.59 Å². The van der Waals surface area contributed by atoms with Gasteiger partial charge in [-0.2, -0.15) is 0 Å².